The molecular weight excluding hydrogens is 450 g/mol. The van der Waals surface area contributed by atoms with E-state index in [-0.39, 0.29) is 18.2 Å². The van der Waals surface area contributed by atoms with E-state index in [1.54, 1.807) is 17.9 Å². The number of rotatable bonds is 7. The molecule has 34 heavy (non-hydrogen) atoms. The molecule has 6 nitrogen and oxygen atoms in total. The highest BCUT2D eigenvalue weighted by molar-refractivity contribution is 6.33. The second-order valence-corrected chi connectivity index (χ2v) is 9.02. The van der Waals surface area contributed by atoms with E-state index >= 15 is 0 Å². The number of carbonyl (C=O) groups excluding carboxylic acids is 2. The Balaban J connectivity index is 1.39. The summed E-state index contributed by atoms with van der Waals surface area (Å²) in [5.74, 6) is 1.25. The lowest BCUT2D eigenvalue weighted by Crippen LogP contribution is -2.49. The molecule has 2 amide bonds. The number of piperazine rings is 1. The minimum absolute atomic E-state index is 0.0600. The molecule has 0 N–H and O–H groups in total. The third kappa shape index (κ3) is 5.62. The molecule has 2 heterocycles. The lowest BCUT2D eigenvalue weighted by atomic mass is 10.1. The summed E-state index contributed by atoms with van der Waals surface area (Å²) in [6.45, 7) is 7.15. The maximum absolute atomic E-state index is 13.3. The smallest absolute Gasteiger partial charge is 0.257 e. The average Bonchev–Trinajstić information content (AvgIpc) is 3.20. The maximum Gasteiger partial charge on any atom is 0.257 e. The predicted molar refractivity (Wildman–Crippen MR) is 134 cm³/mol. The number of carbonyl (C=O) groups is 2. The number of benzene rings is 2. The summed E-state index contributed by atoms with van der Waals surface area (Å²) in [6.07, 6.45) is 0.278. The van der Waals surface area contributed by atoms with E-state index in [1.807, 2.05) is 66.4 Å². The first-order chi connectivity index (χ1) is 16.4. The van der Waals surface area contributed by atoms with Crippen molar-refractivity contribution in [1.29, 1.82) is 0 Å². The second-order valence-electron chi connectivity index (χ2n) is 8.61. The molecular formula is C27H30ClN3O3. The van der Waals surface area contributed by atoms with Gasteiger partial charge in [0.2, 0.25) is 5.91 Å². The fraction of sp³-hybridized carbons (Fsp3) is 0.333. The number of hydrogen-bond donors (Lipinski definition) is 0. The summed E-state index contributed by atoms with van der Waals surface area (Å²) in [7, 11) is 0. The van der Waals surface area contributed by atoms with E-state index in [0.717, 1.165) is 29.4 Å². The molecule has 2 aromatic carbocycles. The zero-order valence-electron chi connectivity index (χ0n) is 19.7. The number of aryl methyl sites for hydroxylation is 2. The Labute approximate surface area is 205 Å². The molecule has 0 atom stereocenters. The minimum atomic E-state index is -0.116. The SMILES string of the molecule is Cc1cc(C(=O)N(CCC(=O)N2CCN(c3ccccc3Cl)CC2)Cc2ccccc2)c(C)o1. The summed E-state index contributed by atoms with van der Waals surface area (Å²) in [5.41, 5.74) is 2.57. The highest BCUT2D eigenvalue weighted by atomic mass is 35.5. The zero-order valence-corrected chi connectivity index (χ0v) is 20.4. The van der Waals surface area contributed by atoms with Gasteiger partial charge in [0, 0.05) is 45.7 Å². The van der Waals surface area contributed by atoms with Gasteiger partial charge < -0.3 is 19.1 Å². The first-order valence-electron chi connectivity index (χ1n) is 11.6. The Bertz CT molecular complexity index is 1140. The van der Waals surface area contributed by atoms with E-state index in [0.29, 0.717) is 43.3 Å². The zero-order chi connectivity index (χ0) is 24.1. The van der Waals surface area contributed by atoms with Crippen LogP contribution >= 0.6 is 11.6 Å². The Kier molecular flexibility index (Phi) is 7.58. The first-order valence-corrected chi connectivity index (χ1v) is 12.0. The molecule has 1 saturated heterocycles. The van der Waals surface area contributed by atoms with Crippen LogP contribution in [0.1, 0.15) is 33.9 Å². The van der Waals surface area contributed by atoms with Gasteiger partial charge in [0.05, 0.1) is 16.3 Å². The van der Waals surface area contributed by atoms with Gasteiger partial charge in [-0.1, -0.05) is 54.1 Å². The van der Waals surface area contributed by atoms with E-state index in [2.05, 4.69) is 4.90 Å². The molecule has 0 saturated carbocycles. The third-order valence-corrected chi connectivity index (χ3v) is 6.52. The monoisotopic (exact) mass is 479 g/mol. The van der Waals surface area contributed by atoms with Crippen LogP contribution in [0.3, 0.4) is 0 Å². The van der Waals surface area contributed by atoms with E-state index in [9.17, 15) is 9.59 Å². The largest absolute Gasteiger partial charge is 0.466 e. The van der Waals surface area contributed by atoms with Gasteiger partial charge in [0.1, 0.15) is 11.5 Å². The molecule has 7 heteroatoms. The molecule has 178 valence electrons. The molecule has 0 radical (unpaired) electrons. The predicted octanol–water partition coefficient (Wildman–Crippen LogP) is 4.93. The van der Waals surface area contributed by atoms with Crippen molar-refractivity contribution in [1.82, 2.24) is 9.80 Å². The van der Waals surface area contributed by atoms with Gasteiger partial charge in [-0.15, -0.1) is 0 Å². The molecule has 1 fully saturated rings. The molecule has 0 bridgehead atoms. The van der Waals surface area contributed by atoms with Crippen LogP contribution in [0.2, 0.25) is 5.02 Å². The Morgan fingerprint density at radius 3 is 2.29 bits per heavy atom. The van der Waals surface area contributed by atoms with Gasteiger partial charge >= 0.3 is 0 Å². The fourth-order valence-electron chi connectivity index (χ4n) is 4.36. The van der Waals surface area contributed by atoms with Crippen LogP contribution in [0.15, 0.2) is 65.1 Å². The summed E-state index contributed by atoms with van der Waals surface area (Å²) in [4.78, 5) is 32.2. The molecule has 0 unspecified atom stereocenters. The van der Waals surface area contributed by atoms with Gasteiger partial charge in [0.15, 0.2) is 0 Å². The molecule has 1 aliphatic rings. The number of nitrogens with zero attached hydrogens (tertiary/aromatic N) is 3. The van der Waals surface area contributed by atoms with Crippen LogP contribution in [-0.2, 0) is 11.3 Å². The Morgan fingerprint density at radius 2 is 1.65 bits per heavy atom. The van der Waals surface area contributed by atoms with Crippen LogP contribution in [0, 0.1) is 13.8 Å². The average molecular weight is 480 g/mol. The van der Waals surface area contributed by atoms with E-state index in [1.165, 1.54) is 0 Å². The van der Waals surface area contributed by atoms with Gasteiger partial charge in [-0.05, 0) is 37.6 Å². The number of furan rings is 1. The Hall–Kier alpha value is -3.25. The standard InChI is InChI=1S/C27H30ClN3O3/c1-20-18-23(21(2)34-20)27(33)31(19-22-8-4-3-5-9-22)13-12-26(32)30-16-14-29(15-17-30)25-11-7-6-10-24(25)28/h3-11,18H,12-17,19H2,1-2H3. The van der Waals surface area contributed by atoms with Crippen LogP contribution in [0.4, 0.5) is 5.69 Å². The van der Waals surface area contributed by atoms with Gasteiger partial charge in [0.25, 0.3) is 5.91 Å². The lowest BCUT2D eigenvalue weighted by molar-refractivity contribution is -0.131. The maximum atomic E-state index is 13.3. The van der Waals surface area contributed by atoms with Crippen LogP contribution in [0.5, 0.6) is 0 Å². The van der Waals surface area contributed by atoms with Crippen molar-refractivity contribution in [2.75, 3.05) is 37.6 Å². The van der Waals surface area contributed by atoms with Crippen molar-refractivity contribution in [3.05, 3.63) is 88.3 Å². The molecule has 4 rings (SSSR count). The second kappa shape index (κ2) is 10.8. The van der Waals surface area contributed by atoms with Gasteiger partial charge in [-0.2, -0.15) is 0 Å². The highest BCUT2D eigenvalue weighted by Gasteiger charge is 2.25. The topological polar surface area (TPSA) is 57.0 Å². The van der Waals surface area contributed by atoms with Crippen molar-refractivity contribution in [3.63, 3.8) is 0 Å². The molecule has 0 spiro atoms. The first kappa shape index (κ1) is 23.9. The van der Waals surface area contributed by atoms with E-state index in [4.69, 9.17) is 16.0 Å². The summed E-state index contributed by atoms with van der Waals surface area (Å²) in [5, 5.41) is 0.724. The molecule has 1 aromatic heterocycles. The normalized spacial score (nSPS) is 13.7. The number of hydrogen-bond acceptors (Lipinski definition) is 4. The van der Waals surface area contributed by atoms with Crippen molar-refractivity contribution >= 4 is 29.1 Å². The number of amides is 2. The van der Waals surface area contributed by atoms with Crippen molar-refractivity contribution in [2.45, 2.75) is 26.8 Å². The summed E-state index contributed by atoms with van der Waals surface area (Å²) >= 11 is 6.33. The van der Waals surface area contributed by atoms with Crippen LogP contribution in [-0.4, -0.2) is 54.3 Å². The van der Waals surface area contributed by atoms with Gasteiger partial charge in [-0.3, -0.25) is 9.59 Å². The summed E-state index contributed by atoms with van der Waals surface area (Å²) in [6, 6.07) is 19.4. The van der Waals surface area contributed by atoms with Crippen LogP contribution < -0.4 is 4.90 Å². The van der Waals surface area contributed by atoms with Crippen molar-refractivity contribution in [2.24, 2.45) is 0 Å². The highest BCUT2D eigenvalue weighted by Crippen LogP contribution is 2.26. The van der Waals surface area contributed by atoms with Gasteiger partial charge in [-0.25, -0.2) is 0 Å². The number of halogens is 1. The third-order valence-electron chi connectivity index (χ3n) is 6.20. The number of anilines is 1. The van der Waals surface area contributed by atoms with Crippen molar-refractivity contribution in [3.8, 4) is 0 Å². The molecule has 3 aromatic rings. The number of para-hydroxylation sites is 1. The minimum Gasteiger partial charge on any atom is -0.466 e. The summed E-state index contributed by atoms with van der Waals surface area (Å²) < 4.78 is 5.57. The van der Waals surface area contributed by atoms with E-state index < -0.39 is 0 Å². The molecule has 0 aliphatic carbocycles. The fourth-order valence-corrected chi connectivity index (χ4v) is 4.62. The quantitative estimate of drug-likeness (QED) is 0.482. The molecule has 1 aliphatic heterocycles. The Morgan fingerprint density at radius 1 is 0.971 bits per heavy atom. The van der Waals surface area contributed by atoms with Crippen LogP contribution in [0.25, 0.3) is 0 Å². The lowest BCUT2D eigenvalue weighted by Gasteiger charge is -2.36. The van der Waals surface area contributed by atoms with Crippen molar-refractivity contribution < 1.29 is 14.0 Å².